The van der Waals surface area contributed by atoms with Gasteiger partial charge in [0.05, 0.1) is 23.7 Å². The summed E-state index contributed by atoms with van der Waals surface area (Å²) in [7, 11) is 0. The first-order valence-electron chi connectivity index (χ1n) is 9.97. The number of fused-ring (bicyclic) bond motifs is 1. The third-order valence-corrected chi connectivity index (χ3v) is 5.86. The van der Waals surface area contributed by atoms with E-state index in [1.165, 1.54) is 0 Å². The highest BCUT2D eigenvalue weighted by Crippen LogP contribution is 2.27. The molecule has 2 N–H and O–H groups in total. The molecule has 7 nitrogen and oxygen atoms in total. The highest BCUT2D eigenvalue weighted by atomic mass is 32.2. The van der Waals surface area contributed by atoms with Gasteiger partial charge >= 0.3 is 0 Å². The van der Waals surface area contributed by atoms with Crippen LogP contribution >= 0.6 is 23.5 Å². The summed E-state index contributed by atoms with van der Waals surface area (Å²) >= 11 is 3.19. The van der Waals surface area contributed by atoms with E-state index >= 15 is 0 Å². The van der Waals surface area contributed by atoms with Gasteiger partial charge < -0.3 is 10.6 Å². The van der Waals surface area contributed by atoms with Crippen molar-refractivity contribution in [3.05, 3.63) is 36.0 Å². The topological polar surface area (TPSA) is 84.7 Å². The third kappa shape index (κ3) is 5.46. The normalized spacial score (nSPS) is 11.4. The second-order valence-electron chi connectivity index (χ2n) is 7.38. The number of rotatable bonds is 9. The van der Waals surface area contributed by atoms with Gasteiger partial charge in [-0.05, 0) is 32.2 Å². The molecule has 0 aliphatic heterocycles. The van der Waals surface area contributed by atoms with Gasteiger partial charge in [-0.2, -0.15) is 5.10 Å². The molecule has 0 fully saturated rings. The Balaban J connectivity index is 1.78. The number of amides is 1. The second kappa shape index (κ2) is 10.2. The lowest BCUT2D eigenvalue weighted by Gasteiger charge is -2.13. The fourth-order valence-corrected chi connectivity index (χ4v) is 4.25. The molecule has 3 aromatic rings. The van der Waals surface area contributed by atoms with Crippen LogP contribution in [0.5, 0.6) is 0 Å². The Labute approximate surface area is 185 Å². The molecule has 0 aliphatic carbocycles. The average molecular weight is 445 g/mol. The molecule has 1 amide bonds. The van der Waals surface area contributed by atoms with E-state index in [0.717, 1.165) is 26.9 Å². The molecule has 0 unspecified atom stereocenters. The first-order chi connectivity index (χ1) is 14.4. The van der Waals surface area contributed by atoms with E-state index in [2.05, 4.69) is 48.4 Å². The Hall–Kier alpha value is -2.26. The maximum atomic E-state index is 12.6. The summed E-state index contributed by atoms with van der Waals surface area (Å²) in [5, 5.41) is 12.9. The Morgan fingerprint density at radius 2 is 1.93 bits per heavy atom. The first-order valence-corrected chi connectivity index (χ1v) is 12.1. The van der Waals surface area contributed by atoms with Gasteiger partial charge in [-0.3, -0.25) is 4.79 Å². The average Bonchev–Trinajstić information content (AvgIpc) is 3.10. The Kier molecular flexibility index (Phi) is 7.60. The Bertz CT molecular complexity index is 1020. The van der Waals surface area contributed by atoms with Crippen LogP contribution in [0.4, 0.5) is 5.82 Å². The molecule has 0 radical (unpaired) electrons. The van der Waals surface area contributed by atoms with Crippen molar-refractivity contribution in [3.63, 3.8) is 0 Å². The van der Waals surface area contributed by atoms with Crippen LogP contribution in [-0.4, -0.2) is 49.7 Å². The first kappa shape index (κ1) is 22.4. The summed E-state index contributed by atoms with van der Waals surface area (Å²) in [5.74, 6) is 0.714. The number of carbonyl (C=O) groups excluding carboxylic acids is 1. The predicted molar refractivity (Wildman–Crippen MR) is 126 cm³/mol. The van der Waals surface area contributed by atoms with Crippen molar-refractivity contribution in [2.45, 2.75) is 55.6 Å². The molecule has 0 bridgehead atoms. The van der Waals surface area contributed by atoms with Crippen LogP contribution in [0, 0.1) is 0 Å². The molecule has 2 heterocycles. The molecule has 3 rings (SSSR count). The SMILES string of the molecule is CSc1ccccc1C(=O)NCCn1ncc2c(NC(C)C)nc(SC(C)C)nc21. The van der Waals surface area contributed by atoms with Crippen LogP contribution in [0.15, 0.2) is 40.5 Å². The second-order valence-corrected chi connectivity index (χ2v) is 9.77. The molecule has 0 atom stereocenters. The van der Waals surface area contributed by atoms with Crippen molar-refractivity contribution in [3.8, 4) is 0 Å². The van der Waals surface area contributed by atoms with Crippen LogP contribution < -0.4 is 10.6 Å². The highest BCUT2D eigenvalue weighted by molar-refractivity contribution is 7.99. The van der Waals surface area contributed by atoms with Crippen LogP contribution in [0.25, 0.3) is 11.0 Å². The number of anilines is 1. The summed E-state index contributed by atoms with van der Waals surface area (Å²) in [4.78, 5) is 22.9. The van der Waals surface area contributed by atoms with Crippen molar-refractivity contribution in [2.24, 2.45) is 0 Å². The number of nitrogens with zero attached hydrogens (tertiary/aromatic N) is 4. The molecule has 0 saturated carbocycles. The van der Waals surface area contributed by atoms with Gasteiger partial charge in [0.25, 0.3) is 5.91 Å². The number of nitrogens with one attached hydrogen (secondary N) is 2. The zero-order valence-electron chi connectivity index (χ0n) is 18.0. The molecule has 0 saturated heterocycles. The summed E-state index contributed by atoms with van der Waals surface area (Å²) in [6.07, 6.45) is 3.76. The maximum Gasteiger partial charge on any atom is 0.252 e. The lowest BCUT2D eigenvalue weighted by Crippen LogP contribution is -2.28. The molecule has 9 heteroatoms. The van der Waals surface area contributed by atoms with E-state index in [1.54, 1.807) is 29.7 Å². The van der Waals surface area contributed by atoms with Crippen molar-refractivity contribution >= 4 is 46.3 Å². The quantitative estimate of drug-likeness (QED) is 0.376. The number of thioether (sulfide) groups is 2. The standard InChI is InChI=1S/C21H28N6OS2/c1-13(2)24-18-16-12-23-27(19(16)26-21(25-18)30-14(3)4)11-10-22-20(28)15-8-6-7-9-17(15)29-5/h6-9,12-14H,10-11H2,1-5H3,(H,22,28)(H,24,25,26). The van der Waals surface area contributed by atoms with Gasteiger partial charge in [0.1, 0.15) is 5.82 Å². The number of benzene rings is 1. The van der Waals surface area contributed by atoms with E-state index in [0.29, 0.717) is 23.9 Å². The molecule has 2 aromatic heterocycles. The summed E-state index contributed by atoms with van der Waals surface area (Å²) in [5.41, 5.74) is 1.46. The lowest BCUT2D eigenvalue weighted by molar-refractivity contribution is 0.0949. The summed E-state index contributed by atoms with van der Waals surface area (Å²) in [6.45, 7) is 9.38. The van der Waals surface area contributed by atoms with Gasteiger partial charge in [0, 0.05) is 22.7 Å². The van der Waals surface area contributed by atoms with E-state index < -0.39 is 0 Å². The van der Waals surface area contributed by atoms with Crippen molar-refractivity contribution < 1.29 is 4.79 Å². The van der Waals surface area contributed by atoms with Gasteiger partial charge in [-0.1, -0.05) is 37.7 Å². The molecule has 160 valence electrons. The van der Waals surface area contributed by atoms with Gasteiger partial charge in [-0.25, -0.2) is 14.6 Å². The van der Waals surface area contributed by atoms with Crippen molar-refractivity contribution in [1.82, 2.24) is 25.1 Å². The molecule has 1 aromatic carbocycles. The molecule has 30 heavy (non-hydrogen) atoms. The van der Waals surface area contributed by atoms with Gasteiger partial charge in [0.15, 0.2) is 10.8 Å². The lowest BCUT2D eigenvalue weighted by atomic mass is 10.2. The fourth-order valence-electron chi connectivity index (χ4n) is 2.95. The van der Waals surface area contributed by atoms with Crippen LogP contribution in [-0.2, 0) is 6.54 Å². The molecule has 0 spiro atoms. The molecule has 0 aliphatic rings. The number of hydrogen-bond acceptors (Lipinski definition) is 7. The maximum absolute atomic E-state index is 12.6. The summed E-state index contributed by atoms with van der Waals surface area (Å²) < 4.78 is 1.83. The number of hydrogen-bond donors (Lipinski definition) is 2. The largest absolute Gasteiger partial charge is 0.367 e. The fraction of sp³-hybridized carbons (Fsp3) is 0.429. The number of aromatic nitrogens is 4. The zero-order valence-corrected chi connectivity index (χ0v) is 19.6. The minimum Gasteiger partial charge on any atom is -0.367 e. The third-order valence-electron chi connectivity index (χ3n) is 4.20. The Morgan fingerprint density at radius 1 is 1.17 bits per heavy atom. The van der Waals surface area contributed by atoms with Crippen LogP contribution in [0.2, 0.25) is 0 Å². The summed E-state index contributed by atoms with van der Waals surface area (Å²) in [6, 6.07) is 7.86. The van der Waals surface area contributed by atoms with Crippen LogP contribution in [0.3, 0.4) is 0 Å². The highest BCUT2D eigenvalue weighted by Gasteiger charge is 2.15. The zero-order chi connectivity index (χ0) is 21.7. The smallest absolute Gasteiger partial charge is 0.252 e. The van der Waals surface area contributed by atoms with E-state index in [4.69, 9.17) is 4.98 Å². The molecular weight excluding hydrogens is 416 g/mol. The Morgan fingerprint density at radius 3 is 2.63 bits per heavy atom. The monoisotopic (exact) mass is 444 g/mol. The van der Waals surface area contributed by atoms with Gasteiger partial charge in [0.2, 0.25) is 0 Å². The minimum atomic E-state index is -0.0794. The van der Waals surface area contributed by atoms with Gasteiger partial charge in [-0.15, -0.1) is 11.8 Å². The number of carbonyl (C=O) groups is 1. The van der Waals surface area contributed by atoms with E-state index in [-0.39, 0.29) is 11.9 Å². The van der Waals surface area contributed by atoms with Crippen molar-refractivity contribution in [2.75, 3.05) is 18.1 Å². The van der Waals surface area contributed by atoms with E-state index in [1.807, 2.05) is 35.2 Å². The van der Waals surface area contributed by atoms with E-state index in [9.17, 15) is 4.79 Å². The van der Waals surface area contributed by atoms with Crippen molar-refractivity contribution in [1.29, 1.82) is 0 Å². The predicted octanol–water partition coefficient (Wildman–Crippen LogP) is 4.30. The van der Waals surface area contributed by atoms with Crippen LogP contribution in [0.1, 0.15) is 38.1 Å². The minimum absolute atomic E-state index is 0.0794. The molecular formula is C21H28N6OS2.